The zero-order chi connectivity index (χ0) is 12.8. The highest BCUT2D eigenvalue weighted by Gasteiger charge is 2.09. The third-order valence-electron chi connectivity index (χ3n) is 2.69. The van der Waals surface area contributed by atoms with E-state index in [4.69, 9.17) is 14.2 Å². The molecule has 0 aromatic heterocycles. The predicted molar refractivity (Wildman–Crippen MR) is 69.2 cm³/mol. The van der Waals surface area contributed by atoms with Crippen molar-refractivity contribution in [3.8, 4) is 17.2 Å². The van der Waals surface area contributed by atoms with Gasteiger partial charge in [0, 0.05) is 17.7 Å². The van der Waals surface area contributed by atoms with Gasteiger partial charge in [0.05, 0.1) is 14.2 Å². The molecule has 3 nitrogen and oxygen atoms in total. The van der Waals surface area contributed by atoms with Crippen molar-refractivity contribution in [1.29, 1.82) is 0 Å². The van der Waals surface area contributed by atoms with E-state index in [1.54, 1.807) is 14.2 Å². The number of benzene rings is 1. The number of hydrogen-bond donors (Lipinski definition) is 0. The quantitative estimate of drug-likeness (QED) is 0.734. The smallest absolute Gasteiger partial charge is 0.129 e. The van der Waals surface area contributed by atoms with Crippen molar-refractivity contribution in [2.75, 3.05) is 20.8 Å². The number of allylic oxidation sites excluding steroid dienone is 1. The summed E-state index contributed by atoms with van der Waals surface area (Å²) in [6.45, 7) is 6.56. The van der Waals surface area contributed by atoms with E-state index in [9.17, 15) is 0 Å². The molecule has 1 aromatic carbocycles. The summed E-state index contributed by atoms with van der Waals surface area (Å²) >= 11 is 0. The van der Waals surface area contributed by atoms with Crippen LogP contribution in [0, 0.1) is 6.92 Å². The van der Waals surface area contributed by atoms with Crippen molar-refractivity contribution in [3.63, 3.8) is 0 Å². The summed E-state index contributed by atoms with van der Waals surface area (Å²) in [6, 6.07) is 3.75. The van der Waals surface area contributed by atoms with Gasteiger partial charge in [0.2, 0.25) is 0 Å². The van der Waals surface area contributed by atoms with Gasteiger partial charge in [-0.3, -0.25) is 0 Å². The van der Waals surface area contributed by atoms with Crippen LogP contribution < -0.4 is 14.2 Å². The van der Waals surface area contributed by atoms with Crippen molar-refractivity contribution < 1.29 is 14.2 Å². The van der Waals surface area contributed by atoms with Gasteiger partial charge < -0.3 is 14.2 Å². The van der Waals surface area contributed by atoms with Gasteiger partial charge in [0.15, 0.2) is 0 Å². The van der Waals surface area contributed by atoms with Gasteiger partial charge in [-0.2, -0.15) is 0 Å². The van der Waals surface area contributed by atoms with Gasteiger partial charge in [0.1, 0.15) is 23.9 Å². The molecule has 0 aliphatic heterocycles. The summed E-state index contributed by atoms with van der Waals surface area (Å²) in [5.41, 5.74) is 2.16. The average Bonchev–Trinajstić information content (AvgIpc) is 2.36. The molecule has 1 rings (SSSR count). The second kappa shape index (κ2) is 6.18. The van der Waals surface area contributed by atoms with Crippen LogP contribution in [0.15, 0.2) is 23.8 Å². The number of rotatable bonds is 5. The van der Waals surface area contributed by atoms with Crippen LogP contribution in [-0.2, 0) is 0 Å². The molecule has 3 heteroatoms. The second-order valence-corrected chi connectivity index (χ2v) is 3.88. The molecule has 0 amide bonds. The molecule has 0 spiro atoms. The standard InChI is InChI=1S/C14H20O3/c1-6-10(2)9-17-12-7-13(15-4)11(3)14(8-12)16-5/h6-8H,9H2,1-5H3. The predicted octanol–water partition coefficient (Wildman–Crippen LogP) is 3.36. The number of hydrogen-bond acceptors (Lipinski definition) is 3. The summed E-state index contributed by atoms with van der Waals surface area (Å²) in [5, 5.41) is 0. The maximum atomic E-state index is 5.67. The minimum absolute atomic E-state index is 0.575. The van der Waals surface area contributed by atoms with Crippen LogP contribution in [0.1, 0.15) is 19.4 Å². The van der Waals surface area contributed by atoms with Gasteiger partial charge in [-0.05, 0) is 26.3 Å². The SMILES string of the molecule is CC=C(C)COc1cc(OC)c(C)c(OC)c1. The molecular formula is C14H20O3. The highest BCUT2D eigenvalue weighted by Crippen LogP contribution is 2.33. The summed E-state index contributed by atoms with van der Waals surface area (Å²) in [5.74, 6) is 2.31. The maximum absolute atomic E-state index is 5.67. The first-order chi connectivity index (χ1) is 8.12. The van der Waals surface area contributed by atoms with Crippen molar-refractivity contribution in [1.82, 2.24) is 0 Å². The van der Waals surface area contributed by atoms with E-state index in [0.29, 0.717) is 6.61 Å². The lowest BCUT2D eigenvalue weighted by Gasteiger charge is -2.13. The Hall–Kier alpha value is -1.64. The highest BCUT2D eigenvalue weighted by atomic mass is 16.5. The molecule has 0 atom stereocenters. The summed E-state index contributed by atoms with van der Waals surface area (Å²) in [6.07, 6.45) is 2.03. The van der Waals surface area contributed by atoms with Gasteiger partial charge in [-0.25, -0.2) is 0 Å². The lowest BCUT2D eigenvalue weighted by atomic mass is 10.2. The molecule has 0 radical (unpaired) electrons. The van der Waals surface area contributed by atoms with Gasteiger partial charge in [0.25, 0.3) is 0 Å². The van der Waals surface area contributed by atoms with Crippen molar-refractivity contribution in [3.05, 3.63) is 29.3 Å². The van der Waals surface area contributed by atoms with E-state index >= 15 is 0 Å². The van der Waals surface area contributed by atoms with Crippen LogP contribution in [-0.4, -0.2) is 20.8 Å². The topological polar surface area (TPSA) is 27.7 Å². The van der Waals surface area contributed by atoms with Gasteiger partial charge in [-0.15, -0.1) is 0 Å². The fourth-order valence-electron chi connectivity index (χ4n) is 1.43. The Morgan fingerprint density at radius 1 is 1.18 bits per heavy atom. The number of methoxy groups -OCH3 is 2. The Labute approximate surface area is 103 Å². The van der Waals surface area contributed by atoms with E-state index in [2.05, 4.69) is 0 Å². The first-order valence-electron chi connectivity index (χ1n) is 5.59. The summed E-state index contributed by atoms with van der Waals surface area (Å²) < 4.78 is 16.2. The molecule has 0 heterocycles. The van der Waals surface area contributed by atoms with Gasteiger partial charge in [-0.1, -0.05) is 6.08 Å². The fourth-order valence-corrected chi connectivity index (χ4v) is 1.43. The van der Waals surface area contributed by atoms with E-state index in [-0.39, 0.29) is 0 Å². The molecule has 0 unspecified atom stereocenters. The Kier molecular flexibility index (Phi) is 4.88. The largest absolute Gasteiger partial charge is 0.496 e. The zero-order valence-corrected chi connectivity index (χ0v) is 11.2. The molecule has 0 saturated heterocycles. The second-order valence-electron chi connectivity index (χ2n) is 3.88. The highest BCUT2D eigenvalue weighted by molar-refractivity contribution is 5.49. The fraction of sp³-hybridized carbons (Fsp3) is 0.429. The third-order valence-corrected chi connectivity index (χ3v) is 2.69. The molecule has 0 aliphatic rings. The average molecular weight is 236 g/mol. The summed E-state index contributed by atoms with van der Waals surface area (Å²) in [7, 11) is 3.28. The lowest BCUT2D eigenvalue weighted by Crippen LogP contribution is -2.00. The molecule has 0 fully saturated rings. The third kappa shape index (κ3) is 3.41. The molecule has 0 bridgehead atoms. The molecular weight excluding hydrogens is 216 g/mol. The first-order valence-corrected chi connectivity index (χ1v) is 5.59. The van der Waals surface area contributed by atoms with Crippen LogP contribution in [0.2, 0.25) is 0 Å². The van der Waals surface area contributed by atoms with Gasteiger partial charge >= 0.3 is 0 Å². The molecule has 0 N–H and O–H groups in total. The normalized spacial score (nSPS) is 11.2. The monoisotopic (exact) mass is 236 g/mol. The maximum Gasteiger partial charge on any atom is 0.129 e. The van der Waals surface area contributed by atoms with E-state index in [1.165, 1.54) is 5.57 Å². The molecule has 94 valence electrons. The van der Waals surface area contributed by atoms with E-state index < -0.39 is 0 Å². The van der Waals surface area contributed by atoms with Crippen LogP contribution in [0.5, 0.6) is 17.2 Å². The van der Waals surface area contributed by atoms with Crippen LogP contribution in [0.25, 0.3) is 0 Å². The van der Waals surface area contributed by atoms with Crippen molar-refractivity contribution in [2.24, 2.45) is 0 Å². The first kappa shape index (κ1) is 13.4. The van der Waals surface area contributed by atoms with Crippen LogP contribution in [0.4, 0.5) is 0 Å². The minimum atomic E-state index is 0.575. The minimum Gasteiger partial charge on any atom is -0.496 e. The number of ether oxygens (including phenoxy) is 3. The Bertz CT molecular complexity index is 383. The van der Waals surface area contributed by atoms with Crippen molar-refractivity contribution in [2.45, 2.75) is 20.8 Å². The van der Waals surface area contributed by atoms with Crippen molar-refractivity contribution >= 4 is 0 Å². The Balaban J connectivity index is 2.93. The molecule has 0 saturated carbocycles. The zero-order valence-electron chi connectivity index (χ0n) is 11.2. The van der Waals surface area contributed by atoms with Crippen LogP contribution >= 0.6 is 0 Å². The van der Waals surface area contributed by atoms with E-state index in [1.807, 2.05) is 39.0 Å². The Morgan fingerprint density at radius 2 is 1.71 bits per heavy atom. The molecule has 1 aromatic rings. The van der Waals surface area contributed by atoms with Crippen LogP contribution in [0.3, 0.4) is 0 Å². The molecule has 17 heavy (non-hydrogen) atoms. The summed E-state index contributed by atoms with van der Waals surface area (Å²) in [4.78, 5) is 0. The lowest BCUT2D eigenvalue weighted by molar-refractivity contribution is 0.339. The molecule has 0 aliphatic carbocycles. The Morgan fingerprint density at radius 3 is 2.12 bits per heavy atom. The van der Waals surface area contributed by atoms with E-state index in [0.717, 1.165) is 22.8 Å².